The van der Waals surface area contributed by atoms with Crippen LogP contribution in [-0.2, 0) is 0 Å². The Morgan fingerprint density at radius 2 is 0.839 bits per heavy atom. The first-order valence-electron chi connectivity index (χ1n) is 20.9. The molecule has 62 heavy (non-hydrogen) atoms. The molecule has 0 spiro atoms. The van der Waals surface area contributed by atoms with Crippen LogP contribution in [0.1, 0.15) is 0 Å². The molecule has 4 aromatic heterocycles. The van der Waals surface area contributed by atoms with Crippen molar-refractivity contribution in [1.29, 1.82) is 0 Å². The van der Waals surface area contributed by atoms with Gasteiger partial charge >= 0.3 is 0 Å². The zero-order valence-electron chi connectivity index (χ0n) is 33.6. The molecule has 0 amide bonds. The lowest BCUT2D eigenvalue weighted by atomic mass is 9.96. The summed E-state index contributed by atoms with van der Waals surface area (Å²) >= 11 is 0. The summed E-state index contributed by atoms with van der Waals surface area (Å²) in [4.78, 5) is 10.4. The van der Waals surface area contributed by atoms with Gasteiger partial charge in [-0.25, -0.2) is 14.5 Å². The number of aromatic nitrogens is 5. The van der Waals surface area contributed by atoms with Crippen molar-refractivity contribution in [3.05, 3.63) is 224 Å². The van der Waals surface area contributed by atoms with Crippen molar-refractivity contribution >= 4 is 38.1 Å². The Bertz CT molecular complexity index is 3540. The van der Waals surface area contributed by atoms with Crippen LogP contribution in [-0.4, -0.2) is 24.1 Å². The van der Waals surface area contributed by atoms with Gasteiger partial charge < -0.3 is 4.57 Å². The highest BCUT2D eigenvalue weighted by atomic mass is 15.2. The molecule has 0 fully saturated rings. The molecule has 0 N–H and O–H groups in total. The van der Waals surface area contributed by atoms with Gasteiger partial charge in [0.25, 0.3) is 0 Å². The Kier molecular flexibility index (Phi) is 8.42. The van der Waals surface area contributed by atoms with E-state index in [0.717, 1.165) is 78.3 Å². The Balaban J connectivity index is 0.984. The Hall–Kier alpha value is -8.41. The van der Waals surface area contributed by atoms with Crippen LogP contribution in [0.3, 0.4) is 0 Å². The molecule has 12 aromatic rings. The van der Waals surface area contributed by atoms with Crippen molar-refractivity contribution in [1.82, 2.24) is 24.1 Å². The zero-order chi connectivity index (χ0) is 41.0. The fraction of sp³-hybridized carbons (Fsp3) is 0. The first-order chi connectivity index (χ1) is 30.7. The first kappa shape index (κ1) is 35.5. The average Bonchev–Trinajstić information content (AvgIpc) is 3.92. The summed E-state index contributed by atoms with van der Waals surface area (Å²) in [6.45, 7) is 0. The lowest BCUT2D eigenvalue weighted by molar-refractivity contribution is 0.979. The number of fused-ring (bicyclic) bond motifs is 6. The average molecular weight is 792 g/mol. The summed E-state index contributed by atoms with van der Waals surface area (Å²) in [7, 11) is 0. The molecule has 0 atom stereocenters. The van der Waals surface area contributed by atoms with E-state index in [-0.39, 0.29) is 0 Å². The maximum atomic E-state index is 5.44. The van der Waals surface area contributed by atoms with E-state index in [1.807, 2.05) is 6.07 Å². The minimum Gasteiger partial charge on any atom is -0.309 e. The molecule has 0 aliphatic rings. The van der Waals surface area contributed by atoms with Crippen molar-refractivity contribution in [3.8, 4) is 73.2 Å². The molecule has 0 saturated carbocycles. The van der Waals surface area contributed by atoms with Crippen LogP contribution < -0.4 is 0 Å². The summed E-state index contributed by atoms with van der Waals surface area (Å²) in [6.07, 6.45) is 0. The summed E-state index contributed by atoms with van der Waals surface area (Å²) in [6, 6.07) is 79.0. The van der Waals surface area contributed by atoms with Gasteiger partial charge in [-0.2, -0.15) is 5.10 Å². The minimum absolute atomic E-state index is 0.672. The van der Waals surface area contributed by atoms with Gasteiger partial charge in [-0.3, -0.25) is 0 Å². The second-order valence-corrected chi connectivity index (χ2v) is 15.7. The van der Waals surface area contributed by atoms with Gasteiger partial charge in [-0.05, 0) is 59.5 Å². The van der Waals surface area contributed by atoms with Crippen LogP contribution in [0.25, 0.3) is 111 Å². The predicted octanol–water partition coefficient (Wildman–Crippen LogP) is 14.4. The number of benzene rings is 8. The van der Waals surface area contributed by atoms with E-state index in [2.05, 4.69) is 227 Å². The Morgan fingerprint density at radius 1 is 0.355 bits per heavy atom. The Morgan fingerprint density at radius 3 is 1.47 bits per heavy atom. The van der Waals surface area contributed by atoms with Crippen LogP contribution in [0.4, 0.5) is 0 Å². The van der Waals surface area contributed by atoms with E-state index in [1.165, 1.54) is 27.2 Å². The molecule has 0 aliphatic carbocycles. The summed E-state index contributed by atoms with van der Waals surface area (Å²) in [5.41, 5.74) is 15.6. The smallest absolute Gasteiger partial charge is 0.160 e. The van der Waals surface area contributed by atoms with Crippen LogP contribution in [0, 0.1) is 0 Å². The molecule has 0 unspecified atom stereocenters. The van der Waals surface area contributed by atoms with E-state index in [0.29, 0.717) is 5.82 Å². The molecule has 4 heterocycles. The lowest BCUT2D eigenvalue weighted by Crippen LogP contribution is -1.97. The third-order valence-electron chi connectivity index (χ3n) is 12.0. The van der Waals surface area contributed by atoms with Crippen LogP contribution in [0.2, 0.25) is 0 Å². The summed E-state index contributed by atoms with van der Waals surface area (Å²) in [5, 5.41) is 10.3. The highest BCUT2D eigenvalue weighted by Gasteiger charge is 2.22. The van der Waals surface area contributed by atoms with Gasteiger partial charge in [0, 0.05) is 55.2 Å². The van der Waals surface area contributed by atoms with Gasteiger partial charge in [0.05, 0.1) is 33.6 Å². The third-order valence-corrected chi connectivity index (χ3v) is 12.0. The van der Waals surface area contributed by atoms with E-state index < -0.39 is 0 Å². The topological polar surface area (TPSA) is 48.0 Å². The molecule has 12 rings (SSSR count). The molecule has 5 heteroatoms. The maximum Gasteiger partial charge on any atom is 0.160 e. The van der Waals surface area contributed by atoms with Gasteiger partial charge in [-0.15, -0.1) is 0 Å². The van der Waals surface area contributed by atoms with E-state index >= 15 is 0 Å². The number of para-hydroxylation sites is 2. The fourth-order valence-corrected chi connectivity index (χ4v) is 9.02. The van der Waals surface area contributed by atoms with Crippen LogP contribution >= 0.6 is 0 Å². The van der Waals surface area contributed by atoms with Gasteiger partial charge in [0.2, 0.25) is 0 Å². The molecule has 0 radical (unpaired) electrons. The van der Waals surface area contributed by atoms with E-state index in [1.54, 1.807) is 0 Å². The third kappa shape index (κ3) is 5.98. The maximum absolute atomic E-state index is 5.44. The number of rotatable bonds is 7. The van der Waals surface area contributed by atoms with Crippen molar-refractivity contribution in [2.24, 2.45) is 0 Å². The second-order valence-electron chi connectivity index (χ2n) is 15.7. The molecule has 0 bridgehead atoms. The molecular formula is C57H37N5. The summed E-state index contributed by atoms with van der Waals surface area (Å²) < 4.78 is 4.47. The van der Waals surface area contributed by atoms with E-state index in [9.17, 15) is 0 Å². The number of nitrogens with zero attached hydrogens (tertiary/aromatic N) is 5. The monoisotopic (exact) mass is 791 g/mol. The summed E-state index contributed by atoms with van der Waals surface area (Å²) in [5.74, 6) is 0.672. The van der Waals surface area contributed by atoms with Crippen molar-refractivity contribution in [3.63, 3.8) is 0 Å². The molecule has 5 nitrogen and oxygen atoms in total. The van der Waals surface area contributed by atoms with Gasteiger partial charge in [0.15, 0.2) is 5.82 Å². The predicted molar refractivity (Wildman–Crippen MR) is 255 cm³/mol. The van der Waals surface area contributed by atoms with Gasteiger partial charge in [-0.1, -0.05) is 176 Å². The van der Waals surface area contributed by atoms with Crippen molar-refractivity contribution in [2.75, 3.05) is 0 Å². The minimum atomic E-state index is 0.672. The highest BCUT2D eigenvalue weighted by molar-refractivity contribution is 6.10. The standard InChI is InChI=1S/C57H37N5/c1-4-16-38(17-5-1)49-37-50(59-57(58-49)43-32-34-45(35-33-43)61-51-26-14-12-24-47(51)48-25-13-15-27-52(48)61)39-28-30-42(31-29-39)55-54(41-20-8-3-9-21-41)56-46-23-11-10-22-44(46)36-53(62(56)60-55)40-18-6-2-7-19-40/h1-37H. The second kappa shape index (κ2) is 14.7. The quantitative estimate of drug-likeness (QED) is 0.162. The fourth-order valence-electron chi connectivity index (χ4n) is 9.02. The molecule has 8 aromatic carbocycles. The van der Waals surface area contributed by atoms with Crippen LogP contribution in [0.5, 0.6) is 0 Å². The van der Waals surface area contributed by atoms with Crippen LogP contribution in [0.15, 0.2) is 224 Å². The normalized spacial score (nSPS) is 11.5. The van der Waals surface area contributed by atoms with Crippen molar-refractivity contribution in [2.45, 2.75) is 0 Å². The number of hydrogen-bond donors (Lipinski definition) is 0. The van der Waals surface area contributed by atoms with Gasteiger partial charge in [0.1, 0.15) is 5.69 Å². The molecule has 290 valence electrons. The number of hydrogen-bond acceptors (Lipinski definition) is 3. The lowest BCUT2D eigenvalue weighted by Gasteiger charge is -2.12. The molecular weight excluding hydrogens is 755 g/mol. The molecule has 0 saturated heterocycles. The van der Waals surface area contributed by atoms with E-state index in [4.69, 9.17) is 15.1 Å². The SMILES string of the molecule is c1ccc(-c2cc(-c3ccc(-c4nn5c(-c6ccccc6)cc6ccccc6c5c4-c4ccccc4)cc3)nc(-c3ccc(-n4c5ccccc5c5ccccc54)cc3)n2)cc1. The van der Waals surface area contributed by atoms with Crippen molar-refractivity contribution < 1.29 is 0 Å². The highest BCUT2D eigenvalue weighted by Crippen LogP contribution is 2.41. The largest absolute Gasteiger partial charge is 0.309 e. The number of pyridine rings is 1. The molecule has 0 aliphatic heterocycles. The zero-order valence-corrected chi connectivity index (χ0v) is 33.6. The first-order valence-corrected chi connectivity index (χ1v) is 20.9. The Labute approximate surface area is 358 Å².